The average Bonchev–Trinajstić information content (AvgIpc) is 2.42. The molecular formula is C14H14BrNO4. The summed E-state index contributed by atoms with van der Waals surface area (Å²) in [5, 5.41) is 17.1. The minimum absolute atomic E-state index is 0.410. The molecule has 1 N–H and O–H groups in total. The van der Waals surface area contributed by atoms with Gasteiger partial charge in [-0.05, 0) is 46.1 Å². The van der Waals surface area contributed by atoms with E-state index < -0.39 is 5.97 Å². The van der Waals surface area contributed by atoms with Gasteiger partial charge in [0.1, 0.15) is 0 Å². The van der Waals surface area contributed by atoms with Crippen molar-refractivity contribution in [3.8, 4) is 17.6 Å². The number of rotatable bonds is 7. The zero-order valence-corrected chi connectivity index (χ0v) is 12.5. The molecule has 0 saturated carbocycles. The van der Waals surface area contributed by atoms with Gasteiger partial charge in [0, 0.05) is 12.5 Å². The molecule has 0 unspecified atom stereocenters. The lowest BCUT2D eigenvalue weighted by Gasteiger charge is -2.13. The number of ether oxygens (including phenoxy) is 2. The molecule has 0 fully saturated rings. The van der Waals surface area contributed by atoms with Crippen molar-refractivity contribution in [3.63, 3.8) is 0 Å². The number of carboxylic acids is 1. The van der Waals surface area contributed by atoms with Crippen LogP contribution >= 0.6 is 15.9 Å². The van der Waals surface area contributed by atoms with Crippen molar-refractivity contribution < 1.29 is 19.4 Å². The van der Waals surface area contributed by atoms with E-state index in [4.69, 9.17) is 19.8 Å². The zero-order valence-electron chi connectivity index (χ0n) is 10.9. The average molecular weight is 340 g/mol. The van der Waals surface area contributed by atoms with E-state index in [1.54, 1.807) is 12.1 Å². The fourth-order valence-corrected chi connectivity index (χ4v) is 2.04. The Hall–Kier alpha value is -2.00. The predicted molar refractivity (Wildman–Crippen MR) is 77.7 cm³/mol. The summed E-state index contributed by atoms with van der Waals surface area (Å²) in [7, 11) is 1.51. The maximum atomic E-state index is 10.5. The molecule has 106 valence electrons. The number of methoxy groups -OCH3 is 1. The first kappa shape index (κ1) is 16.1. The number of unbranched alkanes of at least 4 members (excludes halogenated alkanes) is 1. The Morgan fingerprint density at radius 1 is 1.55 bits per heavy atom. The summed E-state index contributed by atoms with van der Waals surface area (Å²) in [4.78, 5) is 10.5. The van der Waals surface area contributed by atoms with Gasteiger partial charge in [-0.25, -0.2) is 4.79 Å². The van der Waals surface area contributed by atoms with E-state index in [1.807, 2.05) is 6.07 Å². The van der Waals surface area contributed by atoms with E-state index >= 15 is 0 Å². The first-order valence-corrected chi connectivity index (χ1v) is 6.66. The Bertz CT molecular complexity index is 549. The highest BCUT2D eigenvalue weighted by molar-refractivity contribution is 9.10. The van der Waals surface area contributed by atoms with Gasteiger partial charge in [-0.3, -0.25) is 0 Å². The lowest BCUT2D eigenvalue weighted by molar-refractivity contribution is -0.131. The minimum Gasteiger partial charge on any atom is -0.493 e. The third-order valence-electron chi connectivity index (χ3n) is 2.35. The minimum atomic E-state index is -1.02. The van der Waals surface area contributed by atoms with Crippen LogP contribution in [0.4, 0.5) is 0 Å². The molecule has 1 aromatic carbocycles. The molecule has 1 rings (SSSR count). The first-order valence-electron chi connectivity index (χ1n) is 5.86. The van der Waals surface area contributed by atoms with Crippen molar-refractivity contribution in [2.45, 2.75) is 12.8 Å². The number of hydrogen-bond acceptors (Lipinski definition) is 4. The van der Waals surface area contributed by atoms with Crippen molar-refractivity contribution >= 4 is 28.0 Å². The van der Waals surface area contributed by atoms with E-state index in [9.17, 15) is 4.79 Å². The summed E-state index contributed by atoms with van der Waals surface area (Å²) in [6.07, 6.45) is 3.58. The van der Waals surface area contributed by atoms with Crippen LogP contribution in [0.5, 0.6) is 11.5 Å². The van der Waals surface area contributed by atoms with Gasteiger partial charge in [-0.15, -0.1) is 0 Å². The molecule has 0 radical (unpaired) electrons. The van der Waals surface area contributed by atoms with Gasteiger partial charge in [-0.1, -0.05) is 0 Å². The molecule has 20 heavy (non-hydrogen) atoms. The molecule has 0 spiro atoms. The molecule has 0 atom stereocenters. The number of carbonyl (C=O) groups is 1. The summed E-state index contributed by atoms with van der Waals surface area (Å²) >= 11 is 3.36. The topological polar surface area (TPSA) is 79.6 Å². The van der Waals surface area contributed by atoms with E-state index in [-0.39, 0.29) is 0 Å². The highest BCUT2D eigenvalue weighted by Gasteiger charge is 2.10. The molecule has 0 aliphatic carbocycles. The standard InChI is InChI=1S/C14H14BrNO4/c1-19-12-9-10(4-5-13(17)18)8-11(15)14(12)20-7-3-2-6-16/h4-5,8-9H,2-3,7H2,1H3,(H,17,18)/b5-4+. The summed E-state index contributed by atoms with van der Waals surface area (Å²) in [5.74, 6) is 0.0243. The number of carboxylic acid groups (broad SMARTS) is 1. The van der Waals surface area contributed by atoms with Gasteiger partial charge in [0.15, 0.2) is 11.5 Å². The van der Waals surface area contributed by atoms with Crippen LogP contribution in [0, 0.1) is 11.3 Å². The Balaban J connectivity index is 2.90. The monoisotopic (exact) mass is 339 g/mol. The van der Waals surface area contributed by atoms with Crippen LogP contribution < -0.4 is 9.47 Å². The number of benzene rings is 1. The molecular weight excluding hydrogens is 326 g/mol. The zero-order chi connectivity index (χ0) is 15.0. The summed E-state index contributed by atoms with van der Waals surface area (Å²) in [6, 6.07) is 5.47. The van der Waals surface area contributed by atoms with Crippen molar-refractivity contribution in [2.75, 3.05) is 13.7 Å². The second kappa shape index (κ2) is 8.23. The second-order valence-corrected chi connectivity index (χ2v) is 4.67. The number of hydrogen-bond donors (Lipinski definition) is 1. The summed E-state index contributed by atoms with van der Waals surface area (Å²) in [5.41, 5.74) is 0.681. The van der Waals surface area contributed by atoms with Gasteiger partial charge in [-0.2, -0.15) is 5.26 Å². The quantitative estimate of drug-likeness (QED) is 0.609. The van der Waals surface area contributed by atoms with Crippen LogP contribution in [0.2, 0.25) is 0 Å². The smallest absolute Gasteiger partial charge is 0.328 e. The number of nitrogens with zero attached hydrogens (tertiary/aromatic N) is 1. The highest BCUT2D eigenvalue weighted by Crippen LogP contribution is 2.37. The van der Waals surface area contributed by atoms with Crippen LogP contribution in [-0.2, 0) is 4.79 Å². The van der Waals surface area contributed by atoms with Crippen LogP contribution in [0.15, 0.2) is 22.7 Å². The predicted octanol–water partition coefficient (Wildman–Crippen LogP) is 3.24. The molecule has 6 heteroatoms. The van der Waals surface area contributed by atoms with Gasteiger partial charge < -0.3 is 14.6 Å². The molecule has 0 aliphatic rings. The molecule has 0 amide bonds. The van der Waals surface area contributed by atoms with Crippen molar-refractivity contribution in [2.24, 2.45) is 0 Å². The summed E-state index contributed by atoms with van der Waals surface area (Å²) < 4.78 is 11.5. The van der Waals surface area contributed by atoms with E-state index in [1.165, 1.54) is 13.2 Å². The first-order chi connectivity index (χ1) is 9.58. The van der Waals surface area contributed by atoms with E-state index in [0.717, 1.165) is 6.08 Å². The van der Waals surface area contributed by atoms with E-state index in [2.05, 4.69) is 15.9 Å². The molecule has 0 aromatic heterocycles. The molecule has 1 aromatic rings. The van der Waals surface area contributed by atoms with Crippen molar-refractivity contribution in [1.82, 2.24) is 0 Å². The number of aliphatic carboxylic acids is 1. The summed E-state index contributed by atoms with van der Waals surface area (Å²) in [6.45, 7) is 0.410. The van der Waals surface area contributed by atoms with E-state index in [0.29, 0.717) is 41.0 Å². The molecule has 0 saturated heterocycles. The van der Waals surface area contributed by atoms with Gasteiger partial charge in [0.25, 0.3) is 0 Å². The normalized spacial score (nSPS) is 10.2. The van der Waals surface area contributed by atoms with Gasteiger partial charge in [0.05, 0.1) is 24.3 Å². The Morgan fingerprint density at radius 2 is 2.30 bits per heavy atom. The second-order valence-electron chi connectivity index (χ2n) is 3.82. The van der Waals surface area contributed by atoms with Gasteiger partial charge in [0.2, 0.25) is 0 Å². The Kier molecular flexibility index (Phi) is 6.60. The third-order valence-corrected chi connectivity index (χ3v) is 2.94. The fourth-order valence-electron chi connectivity index (χ4n) is 1.47. The van der Waals surface area contributed by atoms with Crippen LogP contribution in [0.25, 0.3) is 6.08 Å². The Labute approximate surface area is 125 Å². The van der Waals surface area contributed by atoms with Crippen LogP contribution in [0.3, 0.4) is 0 Å². The third kappa shape index (κ3) is 4.94. The lowest BCUT2D eigenvalue weighted by Crippen LogP contribution is -2.00. The van der Waals surface area contributed by atoms with Crippen LogP contribution in [0.1, 0.15) is 18.4 Å². The van der Waals surface area contributed by atoms with Crippen LogP contribution in [-0.4, -0.2) is 24.8 Å². The van der Waals surface area contributed by atoms with Crippen molar-refractivity contribution in [1.29, 1.82) is 5.26 Å². The maximum Gasteiger partial charge on any atom is 0.328 e. The van der Waals surface area contributed by atoms with Crippen molar-refractivity contribution in [3.05, 3.63) is 28.2 Å². The van der Waals surface area contributed by atoms with Gasteiger partial charge >= 0.3 is 5.97 Å². The highest BCUT2D eigenvalue weighted by atomic mass is 79.9. The maximum absolute atomic E-state index is 10.5. The lowest BCUT2D eigenvalue weighted by atomic mass is 10.2. The number of nitriles is 1. The number of halogens is 1. The Morgan fingerprint density at radius 3 is 2.90 bits per heavy atom. The molecule has 0 bridgehead atoms. The fraction of sp³-hybridized carbons (Fsp3) is 0.286. The SMILES string of the molecule is COc1cc(/C=C/C(=O)O)cc(Br)c1OCCCC#N. The largest absolute Gasteiger partial charge is 0.493 e. The molecule has 0 heterocycles. The molecule has 5 nitrogen and oxygen atoms in total. The molecule has 0 aliphatic heterocycles.